The van der Waals surface area contributed by atoms with Gasteiger partial charge >= 0.3 is 11.9 Å². The molecule has 2 N–H and O–H groups in total. The molecule has 3 spiro atoms. The Bertz CT molecular complexity index is 1210. The van der Waals surface area contributed by atoms with Gasteiger partial charge in [0.05, 0.1) is 36.9 Å². The number of carbonyl (C=O) groups is 2. The lowest BCUT2D eigenvalue weighted by atomic mass is 9.51. The molecule has 6 aliphatic heterocycles. The van der Waals surface area contributed by atoms with Crippen LogP contribution < -0.4 is 0 Å². The van der Waals surface area contributed by atoms with Crippen LogP contribution in [-0.2, 0) is 38.0 Å². The van der Waals surface area contributed by atoms with Crippen molar-refractivity contribution in [2.24, 2.45) is 10.8 Å². The van der Waals surface area contributed by atoms with Crippen LogP contribution in [0.5, 0.6) is 0 Å². The van der Waals surface area contributed by atoms with E-state index in [9.17, 15) is 19.8 Å². The molecule has 1 saturated carbocycles. The lowest BCUT2D eigenvalue weighted by Crippen LogP contribution is -2.66. The van der Waals surface area contributed by atoms with Crippen LogP contribution in [0, 0.1) is 10.8 Å². The molecule has 0 aromatic heterocycles. The van der Waals surface area contributed by atoms with Crippen molar-refractivity contribution in [3.63, 3.8) is 0 Å². The first-order valence-electron chi connectivity index (χ1n) is 13.7. The van der Waals surface area contributed by atoms with Crippen molar-refractivity contribution >= 4 is 11.9 Å². The number of hydrogen-bond donors (Lipinski definition) is 2. The molecule has 10 heteroatoms. The third-order valence-corrected chi connectivity index (χ3v) is 10.5. The van der Waals surface area contributed by atoms with Crippen molar-refractivity contribution in [2.75, 3.05) is 19.8 Å². The van der Waals surface area contributed by atoms with E-state index in [1.807, 2.05) is 0 Å². The van der Waals surface area contributed by atoms with Gasteiger partial charge < -0.3 is 38.6 Å². The van der Waals surface area contributed by atoms with Gasteiger partial charge in [-0.1, -0.05) is 30.7 Å². The van der Waals surface area contributed by atoms with Crippen LogP contribution in [-0.4, -0.2) is 90.0 Å². The van der Waals surface area contributed by atoms with Gasteiger partial charge in [0, 0.05) is 30.4 Å². The highest BCUT2D eigenvalue weighted by atomic mass is 16.7. The topological polar surface area (TPSA) is 133 Å². The van der Waals surface area contributed by atoms with E-state index in [0.29, 0.717) is 25.0 Å². The Labute approximate surface area is 226 Å². The van der Waals surface area contributed by atoms with Crippen molar-refractivity contribution < 1.29 is 48.2 Å². The second kappa shape index (κ2) is 8.58. The van der Waals surface area contributed by atoms with Gasteiger partial charge in [0.1, 0.15) is 30.0 Å². The minimum absolute atomic E-state index is 0.0477. The van der Waals surface area contributed by atoms with Crippen molar-refractivity contribution in [3.05, 3.63) is 47.6 Å². The largest absolute Gasteiger partial charge is 0.462 e. The lowest BCUT2D eigenvalue weighted by molar-refractivity contribution is -0.232. The average molecular weight is 543 g/mol. The van der Waals surface area contributed by atoms with Gasteiger partial charge in [-0.25, -0.2) is 9.59 Å². The van der Waals surface area contributed by atoms with Crippen molar-refractivity contribution in [1.82, 2.24) is 0 Å². The average Bonchev–Trinajstić information content (AvgIpc) is 3.64. The third-order valence-electron chi connectivity index (χ3n) is 10.5. The molecule has 0 aromatic rings. The van der Waals surface area contributed by atoms with E-state index in [-0.39, 0.29) is 31.8 Å². The highest BCUT2D eigenvalue weighted by molar-refractivity contribution is 5.83. The molecule has 0 aromatic carbocycles. The van der Waals surface area contributed by atoms with Crippen molar-refractivity contribution in [1.29, 1.82) is 0 Å². The number of fused-ring (bicyclic) bond motifs is 7. The van der Waals surface area contributed by atoms with Crippen LogP contribution in [0.15, 0.2) is 47.6 Å². The Hall–Kier alpha value is -2.34. The van der Waals surface area contributed by atoms with Crippen LogP contribution in [0.4, 0.5) is 0 Å². The van der Waals surface area contributed by atoms with Crippen LogP contribution in [0.2, 0.25) is 0 Å². The number of allylic oxidation sites excluding steroid dienone is 3. The fraction of sp³-hybridized carbons (Fsp3) is 0.655. The summed E-state index contributed by atoms with van der Waals surface area (Å²) in [5.74, 6) is -1.04. The third kappa shape index (κ3) is 3.42. The Morgan fingerprint density at radius 1 is 1.00 bits per heavy atom. The van der Waals surface area contributed by atoms with E-state index in [1.165, 1.54) is 23.8 Å². The Morgan fingerprint density at radius 2 is 1.82 bits per heavy atom. The maximum atomic E-state index is 13.2. The number of epoxide rings is 1. The summed E-state index contributed by atoms with van der Waals surface area (Å²) in [7, 11) is 0. The first kappa shape index (κ1) is 25.6. The normalized spacial score (nSPS) is 50.5. The fourth-order valence-corrected chi connectivity index (χ4v) is 8.08. The van der Waals surface area contributed by atoms with Crippen LogP contribution in [0.3, 0.4) is 0 Å². The summed E-state index contributed by atoms with van der Waals surface area (Å²) in [5, 5.41) is 20.9. The summed E-state index contributed by atoms with van der Waals surface area (Å²) in [6.45, 7) is 4.81. The standard InChI is InChI=1S/C29H34O10/c1-16-6-8-27-14-34-23(31)11-17-10-20-28(35-13-17,24(32)25(33)39-20)7-4-3-5-22(30)38-18-12-21(37-19(27)9-16)29(15-36-29)26(18,27)2/h3-5,7,9,11,18-21,24-25,32-33H,6,8,10,12-15H2,1-2H3. The molecule has 5 fully saturated rings. The summed E-state index contributed by atoms with van der Waals surface area (Å²) in [5.41, 5.74) is -1.37. The van der Waals surface area contributed by atoms with E-state index >= 15 is 0 Å². The van der Waals surface area contributed by atoms with E-state index in [2.05, 4.69) is 19.9 Å². The van der Waals surface area contributed by atoms with Crippen molar-refractivity contribution in [2.45, 2.75) is 87.5 Å². The molecule has 10 nitrogen and oxygen atoms in total. The van der Waals surface area contributed by atoms with Gasteiger partial charge in [0.25, 0.3) is 0 Å². The van der Waals surface area contributed by atoms with Gasteiger partial charge in [-0.15, -0.1) is 0 Å². The number of rotatable bonds is 0. The predicted molar refractivity (Wildman–Crippen MR) is 133 cm³/mol. The zero-order chi connectivity index (χ0) is 27.2. The molecule has 210 valence electrons. The molecule has 10 unspecified atom stereocenters. The number of aliphatic hydroxyl groups excluding tert-OH is 2. The molecule has 8 rings (SSSR count). The number of ether oxygens (including phenoxy) is 6. The molecule has 0 amide bonds. The summed E-state index contributed by atoms with van der Waals surface area (Å²) in [6, 6.07) is 0. The first-order valence-corrected chi connectivity index (χ1v) is 13.7. The van der Waals surface area contributed by atoms with Gasteiger partial charge in [-0.3, -0.25) is 0 Å². The van der Waals surface area contributed by atoms with E-state index in [4.69, 9.17) is 28.4 Å². The highest BCUT2D eigenvalue weighted by Gasteiger charge is 2.83. The summed E-state index contributed by atoms with van der Waals surface area (Å²) in [6.07, 6.45) is 7.25. The van der Waals surface area contributed by atoms with Crippen LogP contribution in [0.1, 0.15) is 39.5 Å². The van der Waals surface area contributed by atoms with Gasteiger partial charge in [-0.05, 0) is 31.4 Å². The van der Waals surface area contributed by atoms with Crippen LogP contribution >= 0.6 is 0 Å². The van der Waals surface area contributed by atoms with Gasteiger partial charge in [-0.2, -0.15) is 0 Å². The zero-order valence-electron chi connectivity index (χ0n) is 22.0. The smallest absolute Gasteiger partial charge is 0.331 e. The minimum atomic E-state index is -1.45. The number of hydrogen-bond acceptors (Lipinski definition) is 10. The second-order valence-electron chi connectivity index (χ2n) is 12.2. The number of carbonyl (C=O) groups excluding carboxylic acids is 2. The second-order valence-corrected chi connectivity index (χ2v) is 12.2. The molecule has 6 heterocycles. The summed E-state index contributed by atoms with van der Waals surface area (Å²) >= 11 is 0. The molecular formula is C29H34O10. The van der Waals surface area contributed by atoms with Gasteiger partial charge in [0.15, 0.2) is 6.29 Å². The quantitative estimate of drug-likeness (QED) is 0.263. The Morgan fingerprint density at radius 3 is 2.62 bits per heavy atom. The van der Waals surface area contributed by atoms with Gasteiger partial charge in [0.2, 0.25) is 0 Å². The molecule has 4 saturated heterocycles. The molecule has 39 heavy (non-hydrogen) atoms. The molecule has 2 aliphatic carbocycles. The maximum absolute atomic E-state index is 13.2. The SMILES string of the molecule is CC1=CC2OC3CC4OC(=O)C=CC=CC56OCC(=CC(=O)OCC2(CC1)C4(C)C31CO1)CC5OC(O)C6O. The number of aliphatic hydroxyl groups is 2. The Kier molecular flexibility index (Phi) is 5.64. The minimum Gasteiger partial charge on any atom is -0.462 e. The lowest BCUT2D eigenvalue weighted by Gasteiger charge is -2.58. The zero-order valence-corrected chi connectivity index (χ0v) is 22.0. The van der Waals surface area contributed by atoms with E-state index < -0.39 is 58.6 Å². The van der Waals surface area contributed by atoms with E-state index in [0.717, 1.165) is 6.42 Å². The van der Waals surface area contributed by atoms with Crippen molar-refractivity contribution in [3.8, 4) is 0 Å². The Balaban J connectivity index is 1.29. The van der Waals surface area contributed by atoms with E-state index in [1.54, 1.807) is 12.2 Å². The monoisotopic (exact) mass is 542 g/mol. The molecule has 4 bridgehead atoms. The molecular weight excluding hydrogens is 508 g/mol. The van der Waals surface area contributed by atoms with Crippen LogP contribution in [0.25, 0.3) is 0 Å². The fourth-order valence-electron chi connectivity index (χ4n) is 8.08. The predicted octanol–water partition coefficient (Wildman–Crippen LogP) is 1.40. The maximum Gasteiger partial charge on any atom is 0.331 e. The molecule has 8 aliphatic rings. The first-order chi connectivity index (χ1) is 18.6. The molecule has 0 radical (unpaired) electrons. The summed E-state index contributed by atoms with van der Waals surface area (Å²) in [4.78, 5) is 26.2. The summed E-state index contributed by atoms with van der Waals surface area (Å²) < 4.78 is 36.4. The highest BCUT2D eigenvalue weighted by Crippen LogP contribution is 2.72. The molecule has 10 atom stereocenters. The number of esters is 2.